The third-order valence-electron chi connectivity index (χ3n) is 5.46. The molecule has 1 atom stereocenters. The number of nitrogens with zero attached hydrogens (tertiary/aromatic N) is 3. The van der Waals surface area contributed by atoms with Gasteiger partial charge in [-0.1, -0.05) is 12.1 Å². The average Bonchev–Trinajstić information content (AvgIpc) is 3.30. The highest BCUT2D eigenvalue weighted by Gasteiger charge is 2.53. The Balaban J connectivity index is 1.52. The summed E-state index contributed by atoms with van der Waals surface area (Å²) in [6.07, 6.45) is 7.80. The number of hydrogen-bond donors (Lipinski definition) is 0. The molecular weight excluding hydrogens is 305 g/mol. The number of amides is 1. The van der Waals surface area contributed by atoms with Crippen LogP contribution in [0.1, 0.15) is 42.7 Å². The average molecular weight is 327 g/mol. The normalized spacial score (nSPS) is 22.4. The fraction of sp³-hybridized carbons (Fsp3) is 0.474. The Kier molecular flexibility index (Phi) is 3.66. The fourth-order valence-corrected chi connectivity index (χ4v) is 3.91. The first kappa shape index (κ1) is 15.4. The maximum Gasteiger partial charge on any atom is 0.233 e. The Labute approximate surface area is 141 Å². The number of likely N-dealkylation sites (tertiary alicyclic amines) is 1. The van der Waals surface area contributed by atoms with E-state index in [0.717, 1.165) is 44.3 Å². The second-order valence-electron chi connectivity index (χ2n) is 7.13. The molecule has 0 spiro atoms. The molecule has 24 heavy (non-hydrogen) atoms. The van der Waals surface area contributed by atoms with E-state index in [0.29, 0.717) is 5.92 Å². The summed E-state index contributed by atoms with van der Waals surface area (Å²) >= 11 is 0. The first-order chi connectivity index (χ1) is 11.6. The van der Waals surface area contributed by atoms with Crippen molar-refractivity contribution in [3.63, 3.8) is 0 Å². The number of piperidine rings is 1. The molecule has 4 rings (SSSR count). The van der Waals surface area contributed by atoms with Gasteiger partial charge in [-0.3, -0.25) is 9.48 Å². The lowest BCUT2D eigenvalue weighted by Crippen LogP contribution is -2.44. The summed E-state index contributed by atoms with van der Waals surface area (Å²) in [6, 6.07) is 6.44. The third kappa shape index (κ3) is 2.62. The van der Waals surface area contributed by atoms with E-state index in [4.69, 9.17) is 0 Å². The summed E-state index contributed by atoms with van der Waals surface area (Å²) < 4.78 is 15.0. The van der Waals surface area contributed by atoms with E-state index in [9.17, 15) is 9.18 Å². The number of rotatable bonds is 3. The lowest BCUT2D eigenvalue weighted by Gasteiger charge is -2.35. The molecule has 1 aromatic heterocycles. The summed E-state index contributed by atoms with van der Waals surface area (Å²) in [5.41, 5.74) is 1.75. The predicted octanol–water partition coefficient (Wildman–Crippen LogP) is 3.00. The number of aryl methyl sites for hydroxylation is 1. The summed E-state index contributed by atoms with van der Waals surface area (Å²) in [7, 11) is 1.92. The van der Waals surface area contributed by atoms with Crippen molar-refractivity contribution in [1.29, 1.82) is 0 Å². The maximum atomic E-state index is 13.2. The van der Waals surface area contributed by atoms with Crippen molar-refractivity contribution >= 4 is 5.91 Å². The van der Waals surface area contributed by atoms with Crippen LogP contribution in [0.2, 0.25) is 0 Å². The van der Waals surface area contributed by atoms with E-state index in [1.807, 2.05) is 29.0 Å². The van der Waals surface area contributed by atoms with Crippen molar-refractivity contribution in [2.45, 2.75) is 37.0 Å². The number of halogens is 1. The fourth-order valence-electron chi connectivity index (χ4n) is 3.91. The van der Waals surface area contributed by atoms with E-state index in [1.165, 1.54) is 17.7 Å². The van der Waals surface area contributed by atoms with Gasteiger partial charge in [-0.25, -0.2) is 4.39 Å². The minimum absolute atomic E-state index is 0.211. The van der Waals surface area contributed by atoms with Gasteiger partial charge in [0.1, 0.15) is 5.82 Å². The first-order valence-corrected chi connectivity index (χ1v) is 8.62. The van der Waals surface area contributed by atoms with Gasteiger partial charge in [0.15, 0.2) is 0 Å². The molecule has 2 aromatic rings. The van der Waals surface area contributed by atoms with Gasteiger partial charge in [0, 0.05) is 32.3 Å². The van der Waals surface area contributed by atoms with Crippen LogP contribution >= 0.6 is 0 Å². The zero-order valence-corrected chi connectivity index (χ0v) is 13.9. The van der Waals surface area contributed by atoms with Gasteiger partial charge in [0.05, 0.1) is 11.6 Å². The second kappa shape index (κ2) is 5.72. The minimum Gasteiger partial charge on any atom is -0.341 e. The largest absolute Gasteiger partial charge is 0.341 e. The Morgan fingerprint density at radius 2 is 2.04 bits per heavy atom. The number of carbonyl (C=O) groups excluding carboxylic acids is 1. The molecule has 0 N–H and O–H groups in total. The smallest absolute Gasteiger partial charge is 0.233 e. The first-order valence-electron chi connectivity index (χ1n) is 8.62. The molecule has 1 saturated carbocycles. The summed E-state index contributed by atoms with van der Waals surface area (Å²) in [6.45, 7) is 1.58. The van der Waals surface area contributed by atoms with Crippen molar-refractivity contribution in [3.8, 4) is 0 Å². The van der Waals surface area contributed by atoms with Gasteiger partial charge < -0.3 is 4.90 Å². The molecule has 0 radical (unpaired) electrons. The van der Waals surface area contributed by atoms with Crippen molar-refractivity contribution in [3.05, 3.63) is 53.6 Å². The number of hydrogen-bond acceptors (Lipinski definition) is 2. The van der Waals surface area contributed by atoms with Crippen LogP contribution in [0.25, 0.3) is 0 Å². The van der Waals surface area contributed by atoms with E-state index in [1.54, 1.807) is 12.1 Å². The highest BCUT2D eigenvalue weighted by atomic mass is 19.1. The zero-order chi connectivity index (χ0) is 16.7. The van der Waals surface area contributed by atoms with E-state index in [-0.39, 0.29) is 11.7 Å². The Bertz CT molecular complexity index is 748. The SMILES string of the molecule is Cn1cc(C2CCCN(C(=O)C3(c4ccc(F)cc4)CC3)C2)cn1. The Morgan fingerprint density at radius 1 is 1.29 bits per heavy atom. The minimum atomic E-state index is -0.412. The Hall–Kier alpha value is -2.17. The van der Waals surface area contributed by atoms with E-state index < -0.39 is 5.41 Å². The zero-order valence-electron chi connectivity index (χ0n) is 13.9. The highest BCUT2D eigenvalue weighted by molar-refractivity contribution is 5.91. The molecule has 2 fully saturated rings. The van der Waals surface area contributed by atoms with Crippen LogP contribution in [0.4, 0.5) is 4.39 Å². The van der Waals surface area contributed by atoms with Crippen molar-refractivity contribution in [1.82, 2.24) is 14.7 Å². The van der Waals surface area contributed by atoms with Crippen LogP contribution in [0.5, 0.6) is 0 Å². The van der Waals surface area contributed by atoms with Gasteiger partial charge in [0.2, 0.25) is 5.91 Å². The summed E-state index contributed by atoms with van der Waals surface area (Å²) in [5.74, 6) is 0.319. The molecule has 1 amide bonds. The molecule has 2 heterocycles. The monoisotopic (exact) mass is 327 g/mol. The number of carbonyl (C=O) groups is 1. The van der Waals surface area contributed by atoms with Crippen molar-refractivity contribution < 1.29 is 9.18 Å². The lowest BCUT2D eigenvalue weighted by molar-refractivity contribution is -0.135. The highest BCUT2D eigenvalue weighted by Crippen LogP contribution is 2.50. The maximum absolute atomic E-state index is 13.2. The summed E-state index contributed by atoms with van der Waals surface area (Å²) in [5, 5.41) is 4.26. The number of benzene rings is 1. The van der Waals surface area contributed by atoms with Gasteiger partial charge >= 0.3 is 0 Å². The van der Waals surface area contributed by atoms with Crippen LogP contribution in [0.15, 0.2) is 36.7 Å². The summed E-state index contributed by atoms with van der Waals surface area (Å²) in [4.78, 5) is 15.2. The molecular formula is C19H22FN3O. The van der Waals surface area contributed by atoms with E-state index >= 15 is 0 Å². The number of aromatic nitrogens is 2. The molecule has 126 valence electrons. The van der Waals surface area contributed by atoms with Gasteiger partial charge in [-0.2, -0.15) is 5.10 Å². The standard InChI is InChI=1S/C19H22FN3O/c1-22-12-15(11-21-22)14-3-2-10-23(13-14)18(24)19(8-9-19)16-4-6-17(20)7-5-16/h4-7,11-12,14H,2-3,8-10,13H2,1H3. The molecule has 0 bridgehead atoms. The third-order valence-corrected chi connectivity index (χ3v) is 5.46. The van der Waals surface area contributed by atoms with Crippen LogP contribution in [-0.2, 0) is 17.3 Å². The Morgan fingerprint density at radius 3 is 2.67 bits per heavy atom. The predicted molar refractivity (Wildman–Crippen MR) is 89.1 cm³/mol. The van der Waals surface area contributed by atoms with Crippen molar-refractivity contribution in [2.24, 2.45) is 7.05 Å². The van der Waals surface area contributed by atoms with Crippen LogP contribution in [0, 0.1) is 5.82 Å². The van der Waals surface area contributed by atoms with Crippen LogP contribution < -0.4 is 0 Å². The molecule has 1 aliphatic carbocycles. The van der Waals surface area contributed by atoms with Crippen molar-refractivity contribution in [2.75, 3.05) is 13.1 Å². The quantitative estimate of drug-likeness (QED) is 0.869. The molecule has 1 aliphatic heterocycles. The topological polar surface area (TPSA) is 38.1 Å². The second-order valence-corrected chi connectivity index (χ2v) is 7.13. The van der Waals surface area contributed by atoms with Crippen LogP contribution in [-0.4, -0.2) is 33.7 Å². The van der Waals surface area contributed by atoms with Gasteiger partial charge in [0.25, 0.3) is 0 Å². The molecule has 1 aromatic carbocycles. The molecule has 4 nitrogen and oxygen atoms in total. The van der Waals surface area contributed by atoms with Crippen LogP contribution in [0.3, 0.4) is 0 Å². The van der Waals surface area contributed by atoms with E-state index in [2.05, 4.69) is 5.10 Å². The van der Waals surface area contributed by atoms with Gasteiger partial charge in [-0.15, -0.1) is 0 Å². The molecule has 2 aliphatic rings. The molecule has 1 saturated heterocycles. The van der Waals surface area contributed by atoms with Gasteiger partial charge in [-0.05, 0) is 48.9 Å². The lowest BCUT2D eigenvalue weighted by atomic mass is 9.89. The molecule has 1 unspecified atom stereocenters. The molecule has 5 heteroatoms.